The van der Waals surface area contributed by atoms with Crippen LogP contribution in [0.2, 0.25) is 0 Å². The molecule has 9 nitrogen and oxygen atoms in total. The van der Waals surface area contributed by atoms with E-state index < -0.39 is 0 Å². The highest BCUT2D eigenvalue weighted by atomic mass is 32.2. The summed E-state index contributed by atoms with van der Waals surface area (Å²) in [4.78, 5) is 32.5. The first kappa shape index (κ1) is 23.3. The zero-order valence-corrected chi connectivity index (χ0v) is 20.2. The third-order valence-electron chi connectivity index (χ3n) is 5.47. The molecular formula is C26H22N6O3S. The summed E-state index contributed by atoms with van der Waals surface area (Å²) in [5.41, 5.74) is 1.84. The number of carbonyl (C=O) groups is 1. The van der Waals surface area contributed by atoms with Crippen molar-refractivity contribution in [2.45, 2.75) is 17.5 Å². The number of nitrogens with zero attached hydrogens (tertiary/aromatic N) is 4. The van der Waals surface area contributed by atoms with E-state index >= 15 is 0 Å². The highest BCUT2D eigenvalue weighted by Gasteiger charge is 2.17. The van der Waals surface area contributed by atoms with Crippen LogP contribution in [0.3, 0.4) is 0 Å². The predicted octanol–water partition coefficient (Wildman–Crippen LogP) is 3.73. The van der Waals surface area contributed by atoms with E-state index in [1.54, 1.807) is 37.4 Å². The summed E-state index contributed by atoms with van der Waals surface area (Å²) in [6, 6.07) is 23.8. The highest BCUT2D eigenvalue weighted by molar-refractivity contribution is 7.98. The van der Waals surface area contributed by atoms with Crippen LogP contribution in [0.5, 0.6) is 5.75 Å². The smallest absolute Gasteiger partial charge is 0.258 e. The van der Waals surface area contributed by atoms with Crippen molar-refractivity contribution >= 4 is 28.6 Å². The van der Waals surface area contributed by atoms with Crippen molar-refractivity contribution in [2.75, 3.05) is 7.11 Å². The van der Waals surface area contributed by atoms with Gasteiger partial charge in [0, 0.05) is 11.3 Å². The molecule has 3 aromatic carbocycles. The van der Waals surface area contributed by atoms with Crippen LogP contribution in [-0.4, -0.2) is 37.7 Å². The van der Waals surface area contributed by atoms with Crippen molar-refractivity contribution in [1.29, 1.82) is 0 Å². The van der Waals surface area contributed by atoms with Gasteiger partial charge in [0.15, 0.2) is 11.0 Å². The fourth-order valence-corrected chi connectivity index (χ4v) is 4.53. The van der Waals surface area contributed by atoms with E-state index in [0.29, 0.717) is 44.8 Å². The Hall–Kier alpha value is -4.44. The van der Waals surface area contributed by atoms with Gasteiger partial charge in [-0.1, -0.05) is 42.1 Å². The largest absolute Gasteiger partial charge is 0.497 e. The van der Waals surface area contributed by atoms with Crippen LogP contribution in [0.1, 0.15) is 22.0 Å². The standard InChI is InChI=1S/C26H22N6O3S/c1-35-19-13-11-17(12-14-19)24(33)27-15-23-30-31-26(32(23)18-7-3-2-4-8-18)36-16-22-28-21-10-6-5-9-20(21)25(34)29-22/h2-14H,15-16H2,1H3,(H,27,33)(H,28,29,34). The molecule has 0 saturated carbocycles. The Balaban J connectivity index is 1.37. The summed E-state index contributed by atoms with van der Waals surface area (Å²) in [7, 11) is 1.58. The first-order valence-corrected chi connectivity index (χ1v) is 12.1. The quantitative estimate of drug-likeness (QED) is 0.313. The number of thioether (sulfide) groups is 1. The second kappa shape index (κ2) is 10.4. The van der Waals surface area contributed by atoms with Crippen LogP contribution in [0.25, 0.3) is 16.6 Å². The predicted molar refractivity (Wildman–Crippen MR) is 137 cm³/mol. The van der Waals surface area contributed by atoms with Gasteiger partial charge in [0.05, 0.1) is 30.3 Å². The Morgan fingerprint density at radius 1 is 1.00 bits per heavy atom. The molecule has 0 atom stereocenters. The number of benzene rings is 3. The number of fused-ring (bicyclic) bond motifs is 1. The molecule has 0 unspecified atom stereocenters. The number of aromatic nitrogens is 5. The lowest BCUT2D eigenvalue weighted by atomic mass is 10.2. The van der Waals surface area contributed by atoms with Crippen molar-refractivity contribution in [3.63, 3.8) is 0 Å². The molecular weight excluding hydrogens is 476 g/mol. The average molecular weight is 499 g/mol. The first-order chi connectivity index (χ1) is 17.6. The van der Waals surface area contributed by atoms with Crippen molar-refractivity contribution in [3.8, 4) is 11.4 Å². The molecule has 0 aliphatic rings. The lowest BCUT2D eigenvalue weighted by Gasteiger charge is -2.11. The molecule has 0 radical (unpaired) electrons. The van der Waals surface area contributed by atoms with Gasteiger partial charge in [0.25, 0.3) is 11.5 Å². The van der Waals surface area contributed by atoms with Gasteiger partial charge in [0.2, 0.25) is 0 Å². The minimum atomic E-state index is -0.229. The molecule has 0 bridgehead atoms. The summed E-state index contributed by atoms with van der Waals surface area (Å²) in [5, 5.41) is 12.8. The monoisotopic (exact) mass is 498 g/mol. The number of para-hydroxylation sites is 2. The minimum absolute atomic E-state index is 0.178. The molecule has 5 aromatic rings. The molecule has 5 rings (SSSR count). The van der Waals surface area contributed by atoms with E-state index in [1.165, 1.54) is 11.8 Å². The number of amides is 1. The van der Waals surface area contributed by atoms with Crippen LogP contribution in [-0.2, 0) is 12.3 Å². The van der Waals surface area contributed by atoms with E-state index in [2.05, 4.69) is 25.5 Å². The number of ether oxygens (including phenoxy) is 1. The normalized spacial score (nSPS) is 10.9. The lowest BCUT2D eigenvalue weighted by molar-refractivity contribution is 0.0949. The molecule has 0 saturated heterocycles. The Bertz CT molecular complexity index is 1560. The van der Waals surface area contributed by atoms with E-state index in [0.717, 1.165) is 5.69 Å². The summed E-state index contributed by atoms with van der Waals surface area (Å²) < 4.78 is 7.04. The van der Waals surface area contributed by atoms with Crippen LogP contribution >= 0.6 is 11.8 Å². The Kier molecular flexibility index (Phi) is 6.76. The summed E-state index contributed by atoms with van der Waals surface area (Å²) >= 11 is 1.40. The lowest BCUT2D eigenvalue weighted by Crippen LogP contribution is -2.24. The average Bonchev–Trinajstić information content (AvgIpc) is 3.34. The zero-order chi connectivity index (χ0) is 24.9. The fraction of sp³-hybridized carbons (Fsp3) is 0.115. The molecule has 1 amide bonds. The second-order valence-corrected chi connectivity index (χ2v) is 8.74. The number of aromatic amines is 1. The Labute approximate surface area is 210 Å². The van der Waals surface area contributed by atoms with E-state index in [4.69, 9.17) is 4.74 Å². The topological polar surface area (TPSA) is 115 Å². The maximum Gasteiger partial charge on any atom is 0.258 e. The molecule has 2 N–H and O–H groups in total. The number of nitrogens with one attached hydrogen (secondary N) is 2. The third-order valence-corrected chi connectivity index (χ3v) is 6.41. The van der Waals surface area contributed by atoms with Crippen LogP contribution < -0.4 is 15.6 Å². The summed E-state index contributed by atoms with van der Waals surface area (Å²) in [6.45, 7) is 0.179. The third kappa shape index (κ3) is 4.98. The van der Waals surface area contributed by atoms with Gasteiger partial charge < -0.3 is 15.0 Å². The summed E-state index contributed by atoms with van der Waals surface area (Å²) in [6.07, 6.45) is 0. The van der Waals surface area contributed by atoms with E-state index in [9.17, 15) is 9.59 Å². The number of carbonyl (C=O) groups excluding carboxylic acids is 1. The van der Waals surface area contributed by atoms with Gasteiger partial charge in [0.1, 0.15) is 11.6 Å². The van der Waals surface area contributed by atoms with Crippen molar-refractivity contribution in [3.05, 3.63) is 106 Å². The minimum Gasteiger partial charge on any atom is -0.497 e. The first-order valence-electron chi connectivity index (χ1n) is 11.1. The molecule has 180 valence electrons. The van der Waals surface area contributed by atoms with Crippen LogP contribution in [0, 0.1) is 0 Å². The van der Waals surface area contributed by atoms with E-state index in [1.807, 2.05) is 53.1 Å². The molecule has 0 aliphatic heterocycles. The zero-order valence-electron chi connectivity index (χ0n) is 19.3. The molecule has 2 heterocycles. The van der Waals surface area contributed by atoms with Gasteiger partial charge in [-0.05, 0) is 48.5 Å². The molecule has 0 fully saturated rings. The van der Waals surface area contributed by atoms with Gasteiger partial charge in [-0.2, -0.15) is 0 Å². The van der Waals surface area contributed by atoms with E-state index in [-0.39, 0.29) is 18.0 Å². The number of hydrogen-bond donors (Lipinski definition) is 2. The van der Waals surface area contributed by atoms with Gasteiger partial charge in [-0.25, -0.2) is 4.98 Å². The van der Waals surface area contributed by atoms with Crippen molar-refractivity contribution in [1.82, 2.24) is 30.0 Å². The maximum atomic E-state index is 12.7. The van der Waals surface area contributed by atoms with Crippen LogP contribution in [0.15, 0.2) is 88.8 Å². The highest BCUT2D eigenvalue weighted by Crippen LogP contribution is 2.24. The Morgan fingerprint density at radius 2 is 1.75 bits per heavy atom. The SMILES string of the molecule is COc1ccc(C(=O)NCc2nnc(SCc3nc4ccccc4c(=O)[nH]3)n2-c2ccccc2)cc1. The van der Waals surface area contributed by atoms with Crippen molar-refractivity contribution in [2.24, 2.45) is 0 Å². The number of H-pyrrole nitrogens is 1. The number of rotatable bonds is 8. The molecule has 36 heavy (non-hydrogen) atoms. The Morgan fingerprint density at radius 3 is 2.53 bits per heavy atom. The van der Waals surface area contributed by atoms with Gasteiger partial charge >= 0.3 is 0 Å². The molecule has 0 spiro atoms. The molecule has 2 aromatic heterocycles. The van der Waals surface area contributed by atoms with Gasteiger partial charge in [-0.3, -0.25) is 14.2 Å². The fourth-order valence-electron chi connectivity index (χ4n) is 3.68. The summed E-state index contributed by atoms with van der Waals surface area (Å²) in [5.74, 6) is 1.96. The molecule has 0 aliphatic carbocycles. The van der Waals surface area contributed by atoms with Gasteiger partial charge in [-0.15, -0.1) is 10.2 Å². The number of hydrogen-bond acceptors (Lipinski definition) is 7. The van der Waals surface area contributed by atoms with Crippen molar-refractivity contribution < 1.29 is 9.53 Å². The molecule has 10 heteroatoms. The second-order valence-electron chi connectivity index (χ2n) is 7.80. The maximum absolute atomic E-state index is 12.7. The number of methoxy groups -OCH3 is 1. The van der Waals surface area contributed by atoms with Crippen LogP contribution in [0.4, 0.5) is 0 Å².